The second kappa shape index (κ2) is 5.78. The summed E-state index contributed by atoms with van der Waals surface area (Å²) in [6, 6.07) is 10.3. The third-order valence-corrected chi connectivity index (χ3v) is 4.62. The van der Waals surface area contributed by atoms with Crippen LogP contribution in [-0.2, 0) is 5.60 Å². The molecule has 0 saturated carbocycles. The van der Waals surface area contributed by atoms with Gasteiger partial charge < -0.3 is 14.7 Å². The number of rotatable bonds is 2. The van der Waals surface area contributed by atoms with Gasteiger partial charge in [-0.3, -0.25) is 0 Å². The number of aromatic nitrogens is 2. The van der Waals surface area contributed by atoms with Gasteiger partial charge in [0.15, 0.2) is 11.6 Å². The van der Waals surface area contributed by atoms with Crippen molar-refractivity contribution in [2.24, 2.45) is 0 Å². The highest BCUT2D eigenvalue weighted by molar-refractivity contribution is 5.70. The minimum Gasteiger partial charge on any atom is -0.453 e. The molecular formula is C20H18FN3O2. The van der Waals surface area contributed by atoms with Gasteiger partial charge in [0.05, 0.1) is 0 Å². The monoisotopic (exact) mass is 351 g/mol. The van der Waals surface area contributed by atoms with Gasteiger partial charge in [0.1, 0.15) is 11.4 Å². The predicted octanol–water partition coefficient (Wildman–Crippen LogP) is 3.71. The van der Waals surface area contributed by atoms with Crippen LogP contribution in [0, 0.1) is 5.95 Å². The average molecular weight is 351 g/mol. The second-order valence-corrected chi connectivity index (χ2v) is 6.63. The first-order chi connectivity index (χ1) is 12.4. The fraction of sp³-hybridized carbons (Fsp3) is 0.200. The van der Waals surface area contributed by atoms with Gasteiger partial charge in [-0.15, -0.1) is 0 Å². The van der Waals surface area contributed by atoms with Crippen molar-refractivity contribution < 1.29 is 14.2 Å². The third kappa shape index (κ3) is 2.42. The highest BCUT2D eigenvalue weighted by Crippen LogP contribution is 2.50. The van der Waals surface area contributed by atoms with Gasteiger partial charge in [-0.25, -0.2) is 9.97 Å². The number of anilines is 1. The number of hydrogen-bond acceptors (Lipinski definition) is 5. The quantitative estimate of drug-likeness (QED) is 0.713. The fourth-order valence-corrected chi connectivity index (χ4v) is 3.26. The smallest absolute Gasteiger partial charge is 0.220 e. The lowest BCUT2D eigenvalue weighted by molar-refractivity contribution is 0.0901. The standard InChI is InChI=1S/C20H18FN3O2/c1-20(25)14-8-10-23-19(24(2)3)17(14)26-16-7-6-12(11-15(16)20)13-5-4-9-22-18(13)21/h4-11,25H,1-3H3. The molecule has 1 aliphatic rings. The Hall–Kier alpha value is -2.99. The summed E-state index contributed by atoms with van der Waals surface area (Å²) >= 11 is 0. The molecule has 132 valence electrons. The number of aliphatic hydroxyl groups is 1. The molecule has 0 aliphatic carbocycles. The molecule has 1 N–H and O–H groups in total. The normalized spacial score (nSPS) is 17.9. The summed E-state index contributed by atoms with van der Waals surface area (Å²) in [5.41, 5.74) is 0.893. The molecule has 1 aliphatic heterocycles. The highest BCUT2D eigenvalue weighted by atomic mass is 19.1. The molecule has 0 spiro atoms. The predicted molar refractivity (Wildman–Crippen MR) is 96.9 cm³/mol. The number of nitrogens with zero attached hydrogens (tertiary/aromatic N) is 3. The van der Waals surface area contributed by atoms with Gasteiger partial charge in [-0.1, -0.05) is 6.07 Å². The van der Waals surface area contributed by atoms with Crippen LogP contribution < -0.4 is 9.64 Å². The van der Waals surface area contributed by atoms with Crippen molar-refractivity contribution >= 4 is 5.82 Å². The molecule has 0 fully saturated rings. The Morgan fingerprint density at radius 2 is 1.88 bits per heavy atom. The summed E-state index contributed by atoms with van der Waals surface area (Å²) in [5.74, 6) is 1.13. The van der Waals surface area contributed by atoms with Crippen molar-refractivity contribution in [1.29, 1.82) is 0 Å². The molecule has 4 rings (SSSR count). The average Bonchev–Trinajstić information content (AvgIpc) is 2.62. The van der Waals surface area contributed by atoms with Crippen molar-refractivity contribution in [3.05, 3.63) is 65.9 Å². The minimum absolute atomic E-state index is 0.376. The summed E-state index contributed by atoms with van der Waals surface area (Å²) in [6.45, 7) is 1.70. The summed E-state index contributed by atoms with van der Waals surface area (Å²) in [4.78, 5) is 9.87. The first-order valence-electron chi connectivity index (χ1n) is 8.22. The van der Waals surface area contributed by atoms with Crippen LogP contribution in [0.1, 0.15) is 18.1 Å². The summed E-state index contributed by atoms with van der Waals surface area (Å²) in [6.07, 6.45) is 3.05. The molecule has 1 unspecified atom stereocenters. The lowest BCUT2D eigenvalue weighted by atomic mass is 9.84. The van der Waals surface area contributed by atoms with E-state index in [4.69, 9.17) is 4.74 Å². The van der Waals surface area contributed by atoms with Crippen LogP contribution in [-0.4, -0.2) is 29.2 Å². The van der Waals surface area contributed by atoms with Gasteiger partial charge in [-0.05, 0) is 42.8 Å². The fourth-order valence-electron chi connectivity index (χ4n) is 3.26. The highest BCUT2D eigenvalue weighted by Gasteiger charge is 2.38. The van der Waals surface area contributed by atoms with Gasteiger partial charge in [0.25, 0.3) is 0 Å². The Balaban J connectivity index is 1.89. The number of pyridine rings is 2. The molecular weight excluding hydrogens is 333 g/mol. The van der Waals surface area contributed by atoms with Crippen LogP contribution >= 0.6 is 0 Å². The van der Waals surface area contributed by atoms with E-state index < -0.39 is 11.5 Å². The SMILES string of the molecule is CN(C)c1nccc2c1Oc1ccc(-c3cccnc3F)cc1C2(C)O. The molecule has 3 heterocycles. The first kappa shape index (κ1) is 16.5. The Bertz CT molecular complexity index is 1000. The van der Waals surface area contributed by atoms with Crippen LogP contribution in [0.25, 0.3) is 11.1 Å². The Morgan fingerprint density at radius 3 is 2.62 bits per heavy atom. The molecule has 0 bridgehead atoms. The van der Waals surface area contributed by atoms with E-state index in [1.54, 1.807) is 49.5 Å². The van der Waals surface area contributed by atoms with Crippen molar-refractivity contribution in [2.75, 3.05) is 19.0 Å². The van der Waals surface area contributed by atoms with Crippen LogP contribution in [0.4, 0.5) is 10.2 Å². The molecule has 1 atom stereocenters. The van der Waals surface area contributed by atoms with Gasteiger partial charge in [0.2, 0.25) is 5.95 Å². The van der Waals surface area contributed by atoms with E-state index >= 15 is 0 Å². The summed E-state index contributed by atoms with van der Waals surface area (Å²) in [5, 5.41) is 11.3. The molecule has 0 saturated heterocycles. The maximum Gasteiger partial charge on any atom is 0.220 e. The molecule has 26 heavy (non-hydrogen) atoms. The number of ether oxygens (including phenoxy) is 1. The van der Waals surface area contributed by atoms with Crippen LogP contribution in [0.15, 0.2) is 48.8 Å². The molecule has 0 amide bonds. The van der Waals surface area contributed by atoms with Crippen LogP contribution in [0.5, 0.6) is 11.5 Å². The maximum atomic E-state index is 14.1. The van der Waals surface area contributed by atoms with Gasteiger partial charge >= 0.3 is 0 Å². The lowest BCUT2D eigenvalue weighted by Crippen LogP contribution is -2.29. The van der Waals surface area contributed by atoms with Gasteiger partial charge in [0, 0.05) is 43.2 Å². The van der Waals surface area contributed by atoms with E-state index in [-0.39, 0.29) is 0 Å². The second-order valence-electron chi connectivity index (χ2n) is 6.63. The number of fused-ring (bicyclic) bond motifs is 2. The van der Waals surface area contributed by atoms with E-state index in [2.05, 4.69) is 9.97 Å². The summed E-state index contributed by atoms with van der Waals surface area (Å²) in [7, 11) is 3.73. The Labute approximate surface area is 150 Å². The minimum atomic E-state index is -1.30. The van der Waals surface area contributed by atoms with E-state index in [0.29, 0.717) is 39.6 Å². The van der Waals surface area contributed by atoms with Crippen LogP contribution in [0.3, 0.4) is 0 Å². The zero-order chi connectivity index (χ0) is 18.5. The summed E-state index contributed by atoms with van der Waals surface area (Å²) < 4.78 is 20.1. The molecule has 0 radical (unpaired) electrons. The lowest BCUT2D eigenvalue weighted by Gasteiger charge is -2.34. The number of hydrogen-bond donors (Lipinski definition) is 1. The topological polar surface area (TPSA) is 58.5 Å². The largest absolute Gasteiger partial charge is 0.453 e. The van der Waals surface area contributed by atoms with E-state index in [1.807, 2.05) is 19.0 Å². The van der Waals surface area contributed by atoms with E-state index in [1.165, 1.54) is 6.20 Å². The van der Waals surface area contributed by atoms with Crippen molar-refractivity contribution in [3.63, 3.8) is 0 Å². The Kier molecular flexibility index (Phi) is 3.66. The molecule has 6 heteroatoms. The third-order valence-electron chi connectivity index (χ3n) is 4.62. The number of benzene rings is 1. The number of halogens is 1. The first-order valence-corrected chi connectivity index (χ1v) is 8.22. The molecule has 1 aromatic carbocycles. The van der Waals surface area contributed by atoms with E-state index in [9.17, 15) is 9.50 Å². The zero-order valence-electron chi connectivity index (χ0n) is 14.7. The molecule has 3 aromatic rings. The van der Waals surface area contributed by atoms with Crippen molar-refractivity contribution in [2.45, 2.75) is 12.5 Å². The van der Waals surface area contributed by atoms with Crippen molar-refractivity contribution in [1.82, 2.24) is 9.97 Å². The van der Waals surface area contributed by atoms with Crippen molar-refractivity contribution in [3.8, 4) is 22.6 Å². The maximum absolute atomic E-state index is 14.1. The van der Waals surface area contributed by atoms with Crippen LogP contribution in [0.2, 0.25) is 0 Å². The Morgan fingerprint density at radius 1 is 1.08 bits per heavy atom. The van der Waals surface area contributed by atoms with E-state index in [0.717, 1.165) is 0 Å². The van der Waals surface area contributed by atoms with Gasteiger partial charge in [-0.2, -0.15) is 4.39 Å². The molecule has 2 aromatic heterocycles. The zero-order valence-corrected chi connectivity index (χ0v) is 14.7. The molecule has 5 nitrogen and oxygen atoms in total.